The number of carbonyl (C=O) groups excluding carboxylic acids is 5. The van der Waals surface area contributed by atoms with Crippen LogP contribution >= 0.6 is 0 Å². The lowest BCUT2D eigenvalue weighted by Gasteiger charge is -2.31. The van der Waals surface area contributed by atoms with Crippen molar-refractivity contribution in [1.29, 1.82) is 0 Å². The lowest BCUT2D eigenvalue weighted by atomic mass is 9.86. The van der Waals surface area contributed by atoms with Gasteiger partial charge in [-0.25, -0.2) is 19.4 Å². The molecule has 0 saturated carbocycles. The number of benzene rings is 2. The highest BCUT2D eigenvalue weighted by Crippen LogP contribution is 2.39. The second-order valence-electron chi connectivity index (χ2n) is 14.0. The Morgan fingerprint density at radius 1 is 1.07 bits per heavy atom. The molecule has 310 valence electrons. The number of para-hydroxylation sites is 1. The first kappa shape index (κ1) is 41.8. The zero-order valence-electron chi connectivity index (χ0n) is 32.4. The van der Waals surface area contributed by atoms with Crippen molar-refractivity contribution >= 4 is 52.7 Å². The quantitative estimate of drug-likeness (QED) is 0.0324. The van der Waals surface area contributed by atoms with E-state index in [9.17, 15) is 33.9 Å². The van der Waals surface area contributed by atoms with Crippen molar-refractivity contribution < 1.29 is 43.4 Å². The summed E-state index contributed by atoms with van der Waals surface area (Å²) in [6.45, 7) is 3.32. The maximum atomic E-state index is 13.7. The fourth-order valence-electron chi connectivity index (χ4n) is 6.75. The van der Waals surface area contributed by atoms with E-state index in [0.717, 1.165) is 5.39 Å². The molecule has 0 radical (unpaired) electrons. The van der Waals surface area contributed by atoms with Gasteiger partial charge < -0.3 is 56.7 Å². The van der Waals surface area contributed by atoms with E-state index in [0.29, 0.717) is 45.7 Å². The number of aromatic nitrogens is 2. The molecule has 0 aliphatic carbocycles. The second kappa shape index (κ2) is 18.2. The van der Waals surface area contributed by atoms with Crippen LogP contribution in [-0.4, -0.2) is 82.6 Å². The molecule has 2 aromatic carbocycles. The molecule has 4 heterocycles. The van der Waals surface area contributed by atoms with Crippen LogP contribution in [-0.2, 0) is 54.1 Å². The molecule has 4 aromatic rings. The molecule has 0 saturated heterocycles. The van der Waals surface area contributed by atoms with Gasteiger partial charge in [0, 0.05) is 34.3 Å². The van der Waals surface area contributed by atoms with Gasteiger partial charge in [0.1, 0.15) is 25.9 Å². The Bertz CT molecular complexity index is 2360. The predicted molar refractivity (Wildman–Crippen MR) is 214 cm³/mol. The number of primary amides is 1. The average Bonchev–Trinajstić information content (AvgIpc) is 3.59. The highest BCUT2D eigenvalue weighted by molar-refractivity contribution is 6.02. The molecule has 0 bridgehead atoms. The minimum atomic E-state index is -1.94. The number of fused-ring (bicyclic) bond motifs is 5. The lowest BCUT2D eigenvalue weighted by molar-refractivity contribution is -0.172. The molecule has 2 aliphatic heterocycles. The zero-order valence-corrected chi connectivity index (χ0v) is 32.4. The molecular weight excluding hydrogens is 766 g/mol. The number of nitrogens with two attached hydrogens (primary N) is 2. The number of urea groups is 1. The predicted octanol–water partition coefficient (Wildman–Crippen LogP) is 1.58. The molecule has 19 heteroatoms. The van der Waals surface area contributed by atoms with Gasteiger partial charge in [-0.15, -0.1) is 0 Å². The summed E-state index contributed by atoms with van der Waals surface area (Å²) >= 11 is 0. The van der Waals surface area contributed by atoms with E-state index in [1.165, 1.54) is 13.1 Å². The van der Waals surface area contributed by atoms with Gasteiger partial charge in [0.05, 0.1) is 47.8 Å². The van der Waals surface area contributed by atoms with Crippen LogP contribution in [0.25, 0.3) is 22.3 Å². The van der Waals surface area contributed by atoms with Crippen molar-refractivity contribution in [3.63, 3.8) is 0 Å². The molecule has 5 amide bonds. The first-order valence-corrected chi connectivity index (χ1v) is 18.9. The highest BCUT2D eigenvalue weighted by atomic mass is 16.6. The Labute approximate surface area is 337 Å². The van der Waals surface area contributed by atoms with Crippen LogP contribution < -0.4 is 38.3 Å². The molecule has 19 nitrogen and oxygen atoms in total. The Kier molecular flexibility index (Phi) is 12.9. The van der Waals surface area contributed by atoms with Gasteiger partial charge >= 0.3 is 18.1 Å². The molecule has 9 N–H and O–H groups in total. The smallest absolute Gasteiger partial charge is 0.407 e. The number of cyclic esters (lactones) is 1. The Hall–Kier alpha value is -6.86. The van der Waals surface area contributed by atoms with Crippen LogP contribution in [0.2, 0.25) is 0 Å². The number of nitrogens with zero attached hydrogens (tertiary/aromatic N) is 3. The van der Waals surface area contributed by atoms with E-state index in [4.69, 9.17) is 30.8 Å². The third kappa shape index (κ3) is 9.31. The van der Waals surface area contributed by atoms with Crippen LogP contribution in [0.4, 0.5) is 15.3 Å². The van der Waals surface area contributed by atoms with E-state index < -0.39 is 47.6 Å². The van der Waals surface area contributed by atoms with Gasteiger partial charge in [-0.2, -0.15) is 0 Å². The number of carbonyl (C=O) groups is 5. The first-order valence-electron chi connectivity index (χ1n) is 18.9. The van der Waals surface area contributed by atoms with Crippen molar-refractivity contribution in [2.75, 3.05) is 25.0 Å². The van der Waals surface area contributed by atoms with Gasteiger partial charge in [-0.05, 0) is 56.0 Å². The number of anilines is 1. The Balaban J connectivity index is 1.01. The maximum absolute atomic E-state index is 13.7. The number of oxime groups is 1. The molecule has 3 atom stereocenters. The zero-order chi connectivity index (χ0) is 42.3. The third-order valence-electron chi connectivity index (χ3n) is 9.96. The topological polar surface area (TPSA) is 281 Å². The summed E-state index contributed by atoms with van der Waals surface area (Å²) in [7, 11) is 0. The number of rotatable bonds is 16. The molecule has 6 rings (SSSR count). The minimum Gasteiger partial charge on any atom is -0.458 e. The van der Waals surface area contributed by atoms with Crippen molar-refractivity contribution in [3.8, 4) is 11.4 Å². The number of pyridine rings is 2. The van der Waals surface area contributed by atoms with Crippen molar-refractivity contribution in [1.82, 2.24) is 25.5 Å². The second-order valence-corrected chi connectivity index (χ2v) is 14.0. The molecule has 0 unspecified atom stereocenters. The van der Waals surface area contributed by atoms with Gasteiger partial charge in [0.2, 0.25) is 11.8 Å². The van der Waals surface area contributed by atoms with Crippen LogP contribution in [0.1, 0.15) is 60.9 Å². The van der Waals surface area contributed by atoms with Crippen LogP contribution in [0.3, 0.4) is 0 Å². The number of alkyl carbamates (subject to hydrolysis) is 1. The number of ether oxygens (including phenoxy) is 2. The molecule has 2 aliphatic rings. The minimum absolute atomic E-state index is 0.00846. The lowest BCUT2D eigenvalue weighted by Crippen LogP contribution is -2.49. The number of esters is 1. The van der Waals surface area contributed by atoms with E-state index in [2.05, 4.69) is 26.4 Å². The summed E-state index contributed by atoms with van der Waals surface area (Å²) in [5, 5.41) is 26.5. The summed E-state index contributed by atoms with van der Waals surface area (Å²) in [4.78, 5) is 85.0. The fourth-order valence-corrected chi connectivity index (χ4v) is 6.75. The summed E-state index contributed by atoms with van der Waals surface area (Å²) < 4.78 is 12.0. The largest absolute Gasteiger partial charge is 0.458 e. The highest BCUT2D eigenvalue weighted by Gasteiger charge is 2.45. The normalized spacial score (nSPS) is 16.2. The third-order valence-corrected chi connectivity index (χ3v) is 9.96. The number of hydrogen-bond acceptors (Lipinski definition) is 13. The van der Waals surface area contributed by atoms with Crippen LogP contribution in [0, 0.1) is 0 Å². The van der Waals surface area contributed by atoms with Gasteiger partial charge in [-0.3, -0.25) is 14.4 Å². The first-order chi connectivity index (χ1) is 28.3. The fraction of sp³-hybridized carbons (Fsp3) is 0.350. The van der Waals surface area contributed by atoms with Crippen molar-refractivity contribution in [2.24, 2.45) is 16.6 Å². The summed E-state index contributed by atoms with van der Waals surface area (Å²) in [6.07, 6.45) is 1.46. The number of aliphatic hydroxyl groups is 1. The Morgan fingerprint density at radius 2 is 1.83 bits per heavy atom. The van der Waals surface area contributed by atoms with Crippen LogP contribution in [0.15, 0.2) is 64.5 Å². The van der Waals surface area contributed by atoms with E-state index >= 15 is 0 Å². The average molecular weight is 812 g/mol. The molecule has 59 heavy (non-hydrogen) atoms. The van der Waals surface area contributed by atoms with Gasteiger partial charge in [0.15, 0.2) is 5.60 Å². The van der Waals surface area contributed by atoms with E-state index in [1.54, 1.807) is 41.8 Å². The van der Waals surface area contributed by atoms with E-state index in [1.807, 2.05) is 24.3 Å². The van der Waals surface area contributed by atoms with Gasteiger partial charge in [-0.1, -0.05) is 42.4 Å². The number of hydrogen-bond donors (Lipinski definition) is 7. The molecular formula is C40H45N9O10. The number of nitrogens with one attached hydrogen (secondary N) is 4. The monoisotopic (exact) mass is 811 g/mol. The van der Waals surface area contributed by atoms with E-state index in [-0.39, 0.29) is 69.0 Å². The van der Waals surface area contributed by atoms with Crippen LogP contribution in [0.5, 0.6) is 0 Å². The van der Waals surface area contributed by atoms with Crippen molar-refractivity contribution in [3.05, 3.63) is 92.8 Å². The summed E-state index contributed by atoms with van der Waals surface area (Å²) in [6, 6.07) is 13.2. The van der Waals surface area contributed by atoms with Crippen molar-refractivity contribution in [2.45, 2.75) is 70.6 Å². The molecule has 0 spiro atoms. The van der Waals surface area contributed by atoms with Gasteiger partial charge in [0.25, 0.3) is 5.56 Å². The number of amides is 5. The summed E-state index contributed by atoms with van der Waals surface area (Å²) in [5.74, 6) is -1.78. The molecule has 0 fully saturated rings. The molecule has 2 aromatic heterocycles. The summed E-state index contributed by atoms with van der Waals surface area (Å²) in [5.41, 5.74) is 12.9. The maximum Gasteiger partial charge on any atom is 0.407 e. The Morgan fingerprint density at radius 3 is 2.56 bits per heavy atom. The SMILES string of the molecule is CC[C@@]1(O)C(=O)OCc2c1cc1n(c2=O)Cc2c-1nc1ccccc1c2/C=N/OCCNC(=O)OCc1ccc(NC(=O)[C@H](CCCNC(N)=O)NC(=O)[C@H](C)N)cc1. The standard InChI is InChI=1S/C40H45N9O10/c1-3-40(56)29-17-32-33-27(19-49(32)36(52)28(29)21-57-37(40)53)26(25-7-4-5-8-30(25)47-33)18-45-59-16-15-44-39(55)58-20-23-10-12-24(13-11-23)46-35(51)31(48-34(50)22(2)41)9-6-14-43-38(42)54/h4-5,7-8,10-13,17-18,22,31,56H,3,6,9,14-16,19-21,41H2,1-2H3,(H,44,55)(H,46,51)(H,48,50)(H3,42,43,54)/b45-18+/t22-,31-,40-/m0/s1.